The highest BCUT2D eigenvalue weighted by Gasteiger charge is 2.70. The van der Waals surface area contributed by atoms with E-state index in [-0.39, 0.29) is 35.8 Å². The number of allylic oxidation sites excluding steroid dienone is 3. The molecule has 11 heteroatoms. The Kier molecular flexibility index (Phi) is 6.96. The fraction of sp³-hybridized carbons (Fsp3) is 0.516. The summed E-state index contributed by atoms with van der Waals surface area (Å²) in [6.45, 7) is 6.33. The van der Waals surface area contributed by atoms with E-state index in [0.717, 1.165) is 18.4 Å². The molecule has 3 fully saturated rings. The highest BCUT2D eigenvalue weighted by atomic mass is 32.1. The fourth-order valence-corrected chi connectivity index (χ4v) is 9.43. The van der Waals surface area contributed by atoms with Crippen LogP contribution in [-0.4, -0.2) is 43.6 Å². The zero-order chi connectivity index (χ0) is 30.0. The molecule has 0 spiro atoms. The Bertz CT molecular complexity index is 1510. The maximum Gasteiger partial charge on any atom is 0.361 e. The number of ether oxygens (including phenoxy) is 1. The monoisotopic (exact) mass is 594 g/mol. The number of rotatable bonds is 4. The van der Waals surface area contributed by atoms with E-state index in [4.69, 9.17) is 19.9 Å². The number of carbonyl (C=O) groups is 2. The molecular weight excluding hydrogens is 559 g/mol. The van der Waals surface area contributed by atoms with Crippen molar-refractivity contribution in [2.45, 2.75) is 64.6 Å². The average Bonchev–Trinajstić information content (AvgIpc) is 3.57. The van der Waals surface area contributed by atoms with E-state index >= 15 is 0 Å². The minimum Gasteiger partial charge on any atom is -0.451 e. The molecule has 0 bridgehead atoms. The van der Waals surface area contributed by atoms with Crippen LogP contribution in [0, 0.1) is 40.4 Å². The Labute approximate surface area is 248 Å². The van der Waals surface area contributed by atoms with E-state index in [1.165, 1.54) is 24.1 Å². The number of nitrogens with zero attached hydrogens (tertiary/aromatic N) is 3. The van der Waals surface area contributed by atoms with Crippen LogP contribution < -0.4 is 5.73 Å². The molecule has 0 aromatic carbocycles. The maximum absolute atomic E-state index is 13.4. The third kappa shape index (κ3) is 4.18. The van der Waals surface area contributed by atoms with Gasteiger partial charge in [-0.3, -0.25) is 4.79 Å². The Balaban J connectivity index is 1.37. The first kappa shape index (κ1) is 28.8. The second-order valence-electron chi connectivity index (χ2n) is 12.8. The van der Waals surface area contributed by atoms with Crippen molar-refractivity contribution in [3.8, 4) is 0 Å². The summed E-state index contributed by atoms with van der Waals surface area (Å²) < 4.78 is 24.3. The number of pyridine rings is 1. The summed E-state index contributed by atoms with van der Waals surface area (Å²) >= 11 is 4.25. The number of halogens is 1. The molecule has 6 rings (SSSR count). The number of aliphatic hydroxyl groups excluding tert-OH is 1. The summed E-state index contributed by atoms with van der Waals surface area (Å²) in [5.41, 5.74) is 6.64. The SMILES string of the molecule is C[C@H]1C[C@@H]2C([C@@H](O)C[C@@]3(C)C2CC[C@]3(OC(=O)c2cocn2)C(=O)S)[C@@]2(C)CC(=CN)C(=Nc3ccc(F)nc3)C=C12. The molecule has 8 atom stereocenters. The van der Waals surface area contributed by atoms with E-state index in [9.17, 15) is 19.1 Å². The largest absolute Gasteiger partial charge is 0.451 e. The second-order valence-corrected chi connectivity index (χ2v) is 13.2. The van der Waals surface area contributed by atoms with Crippen LogP contribution in [0.15, 0.2) is 63.8 Å². The van der Waals surface area contributed by atoms with Crippen molar-refractivity contribution < 1.29 is 28.2 Å². The molecule has 9 nitrogen and oxygen atoms in total. The highest BCUT2D eigenvalue weighted by Crippen LogP contribution is 2.69. The molecule has 3 saturated carbocycles. The number of hydrogen-bond acceptors (Lipinski definition) is 9. The van der Waals surface area contributed by atoms with Crippen molar-refractivity contribution in [2.24, 2.45) is 45.2 Å². The number of nitrogens with two attached hydrogens (primary N) is 1. The molecular formula is C31H35FN4O5S. The van der Waals surface area contributed by atoms with Gasteiger partial charge >= 0.3 is 5.97 Å². The van der Waals surface area contributed by atoms with Crippen LogP contribution in [0.4, 0.5) is 10.1 Å². The first-order chi connectivity index (χ1) is 19.9. The number of aromatic nitrogens is 2. The lowest BCUT2D eigenvalue weighted by Gasteiger charge is -2.62. The van der Waals surface area contributed by atoms with Gasteiger partial charge in [0.05, 0.1) is 23.7 Å². The van der Waals surface area contributed by atoms with Crippen molar-refractivity contribution in [1.82, 2.24) is 9.97 Å². The molecule has 2 aromatic rings. The van der Waals surface area contributed by atoms with Crippen molar-refractivity contribution in [2.75, 3.05) is 0 Å². The van der Waals surface area contributed by atoms with Crippen molar-refractivity contribution >= 4 is 35.1 Å². The topological polar surface area (TPSA) is 141 Å². The fourth-order valence-electron chi connectivity index (χ4n) is 9.02. The minimum absolute atomic E-state index is 0.0126. The van der Waals surface area contributed by atoms with Gasteiger partial charge in [0.1, 0.15) is 6.26 Å². The lowest BCUT2D eigenvalue weighted by molar-refractivity contribution is -0.177. The van der Waals surface area contributed by atoms with Gasteiger partial charge in [0.25, 0.3) is 0 Å². The van der Waals surface area contributed by atoms with Crippen LogP contribution in [0.1, 0.15) is 63.4 Å². The van der Waals surface area contributed by atoms with Gasteiger partial charge in [-0.15, -0.1) is 12.6 Å². The molecule has 0 amide bonds. The summed E-state index contributed by atoms with van der Waals surface area (Å²) in [7, 11) is 0. The lowest BCUT2D eigenvalue weighted by atomic mass is 9.44. The molecule has 42 heavy (non-hydrogen) atoms. The van der Waals surface area contributed by atoms with Gasteiger partial charge in [-0.25, -0.2) is 19.8 Å². The molecule has 0 aliphatic heterocycles. The van der Waals surface area contributed by atoms with Crippen molar-refractivity contribution in [1.29, 1.82) is 0 Å². The highest BCUT2D eigenvalue weighted by molar-refractivity contribution is 7.96. The third-order valence-corrected chi connectivity index (χ3v) is 11.1. The van der Waals surface area contributed by atoms with E-state index < -0.39 is 39.6 Å². The molecule has 0 saturated heterocycles. The number of carbonyl (C=O) groups excluding carboxylic acids is 2. The third-order valence-electron chi connectivity index (χ3n) is 10.7. The number of oxazole rings is 1. The predicted molar refractivity (Wildman–Crippen MR) is 155 cm³/mol. The summed E-state index contributed by atoms with van der Waals surface area (Å²) in [6.07, 6.45) is 9.20. The second kappa shape index (κ2) is 10.2. The summed E-state index contributed by atoms with van der Waals surface area (Å²) in [4.78, 5) is 38.6. The number of fused-ring (bicyclic) bond motifs is 5. The normalized spacial score (nSPS) is 39.3. The van der Waals surface area contributed by atoms with Gasteiger partial charge in [-0.05, 0) is 91.2 Å². The molecule has 3 N–H and O–H groups in total. The van der Waals surface area contributed by atoms with Gasteiger partial charge in [0.15, 0.2) is 17.7 Å². The molecule has 4 aliphatic rings. The van der Waals surface area contributed by atoms with Crippen LogP contribution in [0.25, 0.3) is 0 Å². The van der Waals surface area contributed by atoms with Crippen LogP contribution in [0.2, 0.25) is 0 Å². The van der Waals surface area contributed by atoms with Gasteiger partial charge in [-0.1, -0.05) is 26.3 Å². The first-order valence-electron chi connectivity index (χ1n) is 14.3. The minimum atomic E-state index is -1.50. The lowest BCUT2D eigenvalue weighted by Crippen LogP contribution is -2.63. The molecule has 0 radical (unpaired) electrons. The van der Waals surface area contributed by atoms with Gasteiger partial charge < -0.3 is 20.0 Å². The number of aliphatic hydroxyl groups is 1. The number of hydrogen-bond donors (Lipinski definition) is 3. The Morgan fingerprint density at radius 2 is 2.10 bits per heavy atom. The molecule has 4 aliphatic carbocycles. The molecule has 2 unspecified atom stereocenters. The number of esters is 1. The van der Waals surface area contributed by atoms with Gasteiger partial charge in [-0.2, -0.15) is 4.39 Å². The Hall–Kier alpha value is -3.31. The maximum atomic E-state index is 13.4. The quantitative estimate of drug-likeness (QED) is 0.256. The van der Waals surface area contributed by atoms with Crippen LogP contribution in [0.5, 0.6) is 0 Å². The van der Waals surface area contributed by atoms with Crippen LogP contribution in [0.3, 0.4) is 0 Å². The Morgan fingerprint density at radius 1 is 1.31 bits per heavy atom. The summed E-state index contributed by atoms with van der Waals surface area (Å²) in [5, 5.41) is 11.4. The van der Waals surface area contributed by atoms with E-state index in [1.54, 1.807) is 12.3 Å². The van der Waals surface area contributed by atoms with E-state index in [2.05, 4.69) is 42.5 Å². The van der Waals surface area contributed by atoms with Gasteiger partial charge in [0, 0.05) is 5.41 Å². The summed E-state index contributed by atoms with van der Waals surface area (Å²) in [5.74, 6) is -1.20. The molecule has 222 valence electrons. The first-order valence-corrected chi connectivity index (χ1v) is 14.7. The zero-order valence-corrected chi connectivity index (χ0v) is 24.7. The van der Waals surface area contributed by atoms with Crippen molar-refractivity contribution in [3.63, 3.8) is 0 Å². The number of thiol groups is 1. The smallest absolute Gasteiger partial charge is 0.361 e. The van der Waals surface area contributed by atoms with Crippen molar-refractivity contribution in [3.05, 3.63) is 66.1 Å². The molecule has 2 aromatic heterocycles. The van der Waals surface area contributed by atoms with Crippen LogP contribution >= 0.6 is 12.6 Å². The summed E-state index contributed by atoms with van der Waals surface area (Å²) in [6, 6.07) is 2.85. The van der Waals surface area contributed by atoms with Gasteiger partial charge in [0.2, 0.25) is 11.1 Å². The standard InChI is InChI=1S/C31H35FN4O5S/c1-16-8-19-20-6-7-31(28(39)42,41-27(38)23-14-40-15-35-23)30(20,3)11-24(37)26(19)29(2)10-17(12-33)22(9-21(16)29)36-18-4-5-25(32)34-13-18/h4-5,9,12-16,19-20,24,26,37H,6-8,10-11,33H2,1-3H3,(H,39,42)/t16-,19-,20?,24-,26?,29-,30-,31-/m0/s1. The Morgan fingerprint density at radius 3 is 2.74 bits per heavy atom. The van der Waals surface area contributed by atoms with Crippen LogP contribution in [-0.2, 0) is 9.53 Å². The molecule has 2 heterocycles. The average molecular weight is 595 g/mol. The van der Waals surface area contributed by atoms with E-state index in [0.29, 0.717) is 30.7 Å². The van der Waals surface area contributed by atoms with E-state index in [1.807, 2.05) is 6.92 Å². The predicted octanol–water partition coefficient (Wildman–Crippen LogP) is 4.97. The zero-order valence-electron chi connectivity index (χ0n) is 23.8. The number of aliphatic imine (C=N–C) groups is 1.